The summed E-state index contributed by atoms with van der Waals surface area (Å²) in [6.45, 7) is 0. The molecule has 0 bridgehead atoms. The van der Waals surface area contributed by atoms with Gasteiger partial charge >= 0.3 is 0 Å². The maximum atomic E-state index is 8.91. The average Bonchev–Trinajstić information content (AvgIpc) is 3.01. The van der Waals surface area contributed by atoms with E-state index in [1.54, 1.807) is 12.3 Å². The molecule has 1 fully saturated rings. The zero-order chi connectivity index (χ0) is 9.97. The van der Waals surface area contributed by atoms with E-state index in [-0.39, 0.29) is 6.10 Å². The minimum absolute atomic E-state index is 0.272. The fourth-order valence-corrected chi connectivity index (χ4v) is 1.15. The van der Waals surface area contributed by atoms with E-state index in [1.807, 2.05) is 6.07 Å². The number of nitriles is 1. The van der Waals surface area contributed by atoms with Crippen LogP contribution < -0.4 is 9.47 Å². The molecule has 0 spiro atoms. The number of ether oxygens (including phenoxy) is 2. The maximum absolute atomic E-state index is 8.91. The number of methoxy groups -OCH3 is 1. The molecule has 72 valence electrons. The second kappa shape index (κ2) is 3.54. The zero-order valence-electron chi connectivity index (χ0n) is 7.86. The molecule has 0 saturated heterocycles. The number of rotatable bonds is 3. The highest BCUT2D eigenvalue weighted by Crippen LogP contribution is 2.31. The Morgan fingerprint density at radius 1 is 1.57 bits per heavy atom. The van der Waals surface area contributed by atoms with Gasteiger partial charge in [0.2, 0.25) is 5.88 Å². The lowest BCUT2D eigenvalue weighted by molar-refractivity contribution is 0.298. The molecule has 1 saturated carbocycles. The average molecular weight is 190 g/mol. The number of hydrogen-bond acceptors (Lipinski definition) is 4. The molecule has 0 radical (unpaired) electrons. The second-order valence-electron chi connectivity index (χ2n) is 3.12. The first kappa shape index (κ1) is 8.82. The van der Waals surface area contributed by atoms with Gasteiger partial charge in [-0.25, -0.2) is 4.98 Å². The third kappa shape index (κ3) is 1.62. The van der Waals surface area contributed by atoms with E-state index in [4.69, 9.17) is 14.7 Å². The smallest absolute Gasteiger partial charge is 0.235 e. The molecular weight excluding hydrogens is 180 g/mol. The fourth-order valence-electron chi connectivity index (χ4n) is 1.15. The molecule has 4 nitrogen and oxygen atoms in total. The molecule has 1 aromatic heterocycles. The number of aromatic nitrogens is 1. The summed E-state index contributed by atoms with van der Waals surface area (Å²) < 4.78 is 10.5. The summed E-state index contributed by atoms with van der Waals surface area (Å²) in [4.78, 5) is 3.93. The van der Waals surface area contributed by atoms with Crippen LogP contribution in [0.2, 0.25) is 0 Å². The van der Waals surface area contributed by atoms with Crippen LogP contribution in [0.25, 0.3) is 0 Å². The maximum Gasteiger partial charge on any atom is 0.235 e. The monoisotopic (exact) mass is 190 g/mol. The lowest BCUT2D eigenvalue weighted by Gasteiger charge is -2.07. The number of pyridine rings is 1. The van der Waals surface area contributed by atoms with E-state index in [9.17, 15) is 0 Å². The van der Waals surface area contributed by atoms with Crippen molar-refractivity contribution < 1.29 is 9.47 Å². The van der Waals surface area contributed by atoms with Crippen LogP contribution in [0.15, 0.2) is 12.3 Å². The summed E-state index contributed by atoms with van der Waals surface area (Å²) in [5, 5.41) is 8.91. The Morgan fingerprint density at radius 2 is 2.36 bits per heavy atom. The summed E-state index contributed by atoms with van der Waals surface area (Å²) in [6.07, 6.45) is 3.98. The van der Waals surface area contributed by atoms with Crippen molar-refractivity contribution in [3.05, 3.63) is 17.8 Å². The molecule has 0 atom stereocenters. The predicted molar refractivity (Wildman–Crippen MR) is 49.2 cm³/mol. The van der Waals surface area contributed by atoms with Crippen LogP contribution in [0, 0.1) is 11.3 Å². The van der Waals surface area contributed by atoms with Crippen LogP contribution in [0.5, 0.6) is 11.6 Å². The van der Waals surface area contributed by atoms with Crippen molar-refractivity contribution in [3.8, 4) is 17.7 Å². The molecule has 0 amide bonds. The topological polar surface area (TPSA) is 55.1 Å². The Balaban J connectivity index is 2.32. The Kier molecular flexibility index (Phi) is 2.23. The molecule has 0 unspecified atom stereocenters. The summed E-state index contributed by atoms with van der Waals surface area (Å²) in [5.41, 5.74) is 0.377. The molecule has 0 aromatic carbocycles. The molecule has 4 heteroatoms. The van der Waals surface area contributed by atoms with E-state index in [1.165, 1.54) is 7.11 Å². The first-order valence-electron chi connectivity index (χ1n) is 4.45. The van der Waals surface area contributed by atoms with Crippen molar-refractivity contribution in [2.75, 3.05) is 7.11 Å². The third-order valence-corrected chi connectivity index (χ3v) is 2.00. The van der Waals surface area contributed by atoms with E-state index in [2.05, 4.69) is 4.98 Å². The van der Waals surface area contributed by atoms with Gasteiger partial charge in [0.05, 0.1) is 13.2 Å². The van der Waals surface area contributed by atoms with Crippen molar-refractivity contribution in [2.45, 2.75) is 18.9 Å². The minimum Gasteiger partial charge on any atom is -0.489 e. The summed E-state index contributed by atoms with van der Waals surface area (Å²) in [6, 6.07) is 3.73. The highest BCUT2D eigenvalue weighted by Gasteiger charge is 2.25. The van der Waals surface area contributed by atoms with E-state index in [0.717, 1.165) is 12.8 Å². The second-order valence-corrected chi connectivity index (χ2v) is 3.12. The molecule has 1 aliphatic carbocycles. The molecule has 1 aliphatic rings. The van der Waals surface area contributed by atoms with Gasteiger partial charge in [-0.05, 0) is 12.8 Å². The van der Waals surface area contributed by atoms with Crippen molar-refractivity contribution in [1.82, 2.24) is 4.98 Å². The summed E-state index contributed by atoms with van der Waals surface area (Å²) >= 11 is 0. The standard InChI is InChI=1S/C10H10N2O2/c1-13-10-8(6-11)9(4-5-12-10)14-7-2-3-7/h4-5,7H,2-3H2,1H3. The van der Waals surface area contributed by atoms with Crippen molar-refractivity contribution >= 4 is 0 Å². The zero-order valence-corrected chi connectivity index (χ0v) is 7.86. The quantitative estimate of drug-likeness (QED) is 0.724. The van der Waals surface area contributed by atoms with Crippen LogP contribution >= 0.6 is 0 Å². The molecule has 0 N–H and O–H groups in total. The first-order valence-corrected chi connectivity index (χ1v) is 4.45. The van der Waals surface area contributed by atoms with Crippen LogP contribution in [0.1, 0.15) is 18.4 Å². The molecule has 1 aromatic rings. The summed E-state index contributed by atoms with van der Waals surface area (Å²) in [7, 11) is 1.49. The SMILES string of the molecule is COc1nccc(OC2CC2)c1C#N. The Bertz CT molecular complexity index is 380. The fraction of sp³-hybridized carbons (Fsp3) is 0.400. The van der Waals surface area contributed by atoms with Gasteiger partial charge in [0.25, 0.3) is 0 Å². The van der Waals surface area contributed by atoms with Crippen molar-refractivity contribution in [3.63, 3.8) is 0 Å². The van der Waals surface area contributed by atoms with Crippen LogP contribution in [0.4, 0.5) is 0 Å². The van der Waals surface area contributed by atoms with Crippen LogP contribution in [0.3, 0.4) is 0 Å². The molecule has 2 rings (SSSR count). The van der Waals surface area contributed by atoms with Gasteiger partial charge in [-0.1, -0.05) is 0 Å². The minimum atomic E-state index is 0.272. The van der Waals surface area contributed by atoms with E-state index < -0.39 is 0 Å². The Hall–Kier alpha value is -1.76. The molecule has 1 heterocycles. The largest absolute Gasteiger partial charge is 0.489 e. The van der Waals surface area contributed by atoms with Gasteiger partial charge in [-0.2, -0.15) is 5.26 Å². The van der Waals surface area contributed by atoms with Crippen LogP contribution in [-0.4, -0.2) is 18.2 Å². The Morgan fingerprint density at radius 3 is 2.93 bits per heavy atom. The lowest BCUT2D eigenvalue weighted by Crippen LogP contribution is -2.00. The summed E-state index contributed by atoms with van der Waals surface area (Å²) in [5.74, 6) is 0.896. The molecule has 0 aliphatic heterocycles. The van der Waals surface area contributed by atoms with E-state index >= 15 is 0 Å². The highest BCUT2D eigenvalue weighted by atomic mass is 16.5. The van der Waals surface area contributed by atoms with Gasteiger partial charge in [-0.3, -0.25) is 0 Å². The molecule has 14 heavy (non-hydrogen) atoms. The van der Waals surface area contributed by atoms with Gasteiger partial charge in [0, 0.05) is 12.3 Å². The Labute approximate surface area is 82.1 Å². The number of nitrogens with zero attached hydrogens (tertiary/aromatic N) is 2. The van der Waals surface area contributed by atoms with Crippen molar-refractivity contribution in [2.24, 2.45) is 0 Å². The highest BCUT2D eigenvalue weighted by molar-refractivity contribution is 5.49. The van der Waals surface area contributed by atoms with Crippen molar-refractivity contribution in [1.29, 1.82) is 5.26 Å². The van der Waals surface area contributed by atoms with Gasteiger partial charge in [-0.15, -0.1) is 0 Å². The molecular formula is C10H10N2O2. The first-order chi connectivity index (χ1) is 6.85. The van der Waals surface area contributed by atoms with Gasteiger partial charge in [0.1, 0.15) is 11.8 Å². The van der Waals surface area contributed by atoms with Crippen LogP contribution in [-0.2, 0) is 0 Å². The van der Waals surface area contributed by atoms with E-state index in [0.29, 0.717) is 17.2 Å². The van der Waals surface area contributed by atoms with Gasteiger partial charge in [0.15, 0.2) is 5.56 Å². The van der Waals surface area contributed by atoms with Gasteiger partial charge < -0.3 is 9.47 Å². The lowest BCUT2D eigenvalue weighted by atomic mass is 10.2. The third-order valence-electron chi connectivity index (χ3n) is 2.00. The normalized spacial score (nSPS) is 14.6. The predicted octanol–water partition coefficient (Wildman–Crippen LogP) is 1.50. The number of hydrogen-bond donors (Lipinski definition) is 0.